The van der Waals surface area contributed by atoms with Crippen molar-refractivity contribution in [2.45, 2.75) is 46.1 Å². The van der Waals surface area contributed by atoms with E-state index in [2.05, 4.69) is 0 Å². The van der Waals surface area contributed by atoms with E-state index in [4.69, 9.17) is 4.74 Å². The third-order valence-electron chi connectivity index (χ3n) is 1.63. The molecule has 0 saturated carbocycles. The van der Waals surface area contributed by atoms with Crippen LogP contribution < -0.4 is 0 Å². The Morgan fingerprint density at radius 1 is 1.19 bits per heavy atom. The molecule has 0 fully saturated rings. The molecule has 16 heavy (non-hydrogen) atoms. The molecule has 0 bridgehead atoms. The summed E-state index contributed by atoms with van der Waals surface area (Å²) in [5, 5.41) is 0. The van der Waals surface area contributed by atoms with Crippen molar-refractivity contribution in [2.75, 3.05) is 0 Å². The Morgan fingerprint density at radius 3 is 2.06 bits per heavy atom. The summed E-state index contributed by atoms with van der Waals surface area (Å²) in [5.41, 5.74) is -1.04. The summed E-state index contributed by atoms with van der Waals surface area (Å²) in [6, 6.07) is 0. The molecule has 0 rings (SSSR count). The zero-order chi connectivity index (χ0) is 12.8. The highest BCUT2D eigenvalue weighted by Crippen LogP contribution is 2.16. The molecule has 0 atom stereocenters. The van der Waals surface area contributed by atoms with Crippen molar-refractivity contribution in [1.82, 2.24) is 0 Å². The quantitative estimate of drug-likeness (QED) is 0.315. The Morgan fingerprint density at radius 2 is 1.75 bits per heavy atom. The maximum atomic E-state index is 11.5. The number of hydrogen-bond donors (Lipinski definition) is 0. The fourth-order valence-electron chi connectivity index (χ4n) is 1.03. The normalized spacial score (nSPS) is 10.0. The maximum Gasteiger partial charge on any atom is 0.351 e. The number of carbonyl (C=O) groups is 1. The smallest absolute Gasteiger partial charge is 0.351 e. The maximum absolute atomic E-state index is 11.5. The average Bonchev–Trinajstić information content (AvgIpc) is 2.14. The molecule has 0 aromatic rings. The zero-order valence-corrected chi connectivity index (χ0v) is 10.0. The largest absolute Gasteiger partial charge is 0.456 e. The Kier molecular flexibility index (Phi) is 5.44. The molecule has 0 N–H and O–H groups in total. The van der Waals surface area contributed by atoms with Crippen molar-refractivity contribution in [1.29, 1.82) is 0 Å². The van der Waals surface area contributed by atoms with Gasteiger partial charge >= 0.3 is 5.97 Å². The van der Waals surface area contributed by atoms with Crippen LogP contribution in [0.5, 0.6) is 0 Å². The highest BCUT2D eigenvalue weighted by atomic mass is 16.6. The van der Waals surface area contributed by atoms with Crippen LogP contribution in [-0.4, -0.2) is 23.5 Å². The number of esters is 1. The van der Waals surface area contributed by atoms with Crippen molar-refractivity contribution < 1.29 is 19.1 Å². The summed E-state index contributed by atoms with van der Waals surface area (Å²) in [6.07, 6.45) is 0.950. The van der Waals surface area contributed by atoms with Crippen molar-refractivity contribution >= 4 is 17.9 Å². The average molecular weight is 224 g/mol. The molecule has 0 heterocycles. The standard InChI is InChI=1S/C12H16O4/c1-5-6-9(7-13)10(8-14)11(15)16-12(2,3)4/h5-6H2,1-4H3. The molecule has 0 spiro atoms. The van der Waals surface area contributed by atoms with Gasteiger partial charge in [-0.2, -0.15) is 0 Å². The first-order valence-electron chi connectivity index (χ1n) is 5.08. The third-order valence-corrected chi connectivity index (χ3v) is 1.63. The fourth-order valence-corrected chi connectivity index (χ4v) is 1.03. The van der Waals surface area contributed by atoms with Gasteiger partial charge in [0.15, 0.2) is 5.57 Å². The highest BCUT2D eigenvalue weighted by Gasteiger charge is 2.23. The molecule has 0 aliphatic carbocycles. The number of rotatable bonds is 4. The molecule has 0 unspecified atom stereocenters. The van der Waals surface area contributed by atoms with Gasteiger partial charge in [-0.05, 0) is 27.2 Å². The van der Waals surface area contributed by atoms with Gasteiger partial charge in [-0.1, -0.05) is 13.3 Å². The lowest BCUT2D eigenvalue weighted by Gasteiger charge is -2.19. The van der Waals surface area contributed by atoms with Crippen molar-refractivity contribution in [3.8, 4) is 0 Å². The minimum Gasteiger partial charge on any atom is -0.456 e. The van der Waals surface area contributed by atoms with Gasteiger partial charge in [0.2, 0.25) is 0 Å². The van der Waals surface area contributed by atoms with E-state index >= 15 is 0 Å². The van der Waals surface area contributed by atoms with Crippen LogP contribution in [0.4, 0.5) is 0 Å². The summed E-state index contributed by atoms with van der Waals surface area (Å²) in [4.78, 5) is 32.8. The van der Waals surface area contributed by atoms with Gasteiger partial charge in [-0.3, -0.25) is 0 Å². The third kappa shape index (κ3) is 4.74. The molecule has 4 heteroatoms. The Bertz CT molecular complexity index is 361. The van der Waals surface area contributed by atoms with E-state index in [1.165, 1.54) is 5.94 Å². The molecule has 0 aromatic carbocycles. The predicted molar refractivity (Wildman–Crippen MR) is 59.2 cm³/mol. The highest BCUT2D eigenvalue weighted by molar-refractivity contribution is 6.04. The van der Waals surface area contributed by atoms with E-state index < -0.39 is 11.6 Å². The molecule has 0 aliphatic rings. The van der Waals surface area contributed by atoms with E-state index in [1.807, 2.05) is 6.92 Å². The van der Waals surface area contributed by atoms with Gasteiger partial charge in [0.25, 0.3) is 0 Å². The van der Waals surface area contributed by atoms with Crippen LogP contribution in [0.3, 0.4) is 0 Å². The Labute approximate surface area is 95.0 Å². The SMILES string of the molecule is CCCC(=C=O)C(=C=O)C(=O)OC(C)(C)C. The lowest BCUT2D eigenvalue weighted by atomic mass is 10.0. The van der Waals surface area contributed by atoms with Crippen LogP contribution in [0, 0.1) is 0 Å². The van der Waals surface area contributed by atoms with Crippen molar-refractivity contribution in [3.05, 3.63) is 11.1 Å². The Hall–Kier alpha value is -1.63. The number of carbonyl (C=O) groups excluding carboxylic acids is 3. The minimum atomic E-state index is -0.825. The molecule has 88 valence electrons. The predicted octanol–water partition coefficient (Wildman–Crippen LogP) is 1.64. The molecule has 0 radical (unpaired) electrons. The van der Waals surface area contributed by atoms with Crippen LogP contribution in [0.25, 0.3) is 0 Å². The second-order valence-electron chi connectivity index (χ2n) is 4.31. The summed E-state index contributed by atoms with van der Waals surface area (Å²) < 4.78 is 4.98. The summed E-state index contributed by atoms with van der Waals surface area (Å²) in [5.74, 6) is 2.22. The fraction of sp³-hybridized carbons (Fsp3) is 0.583. The summed E-state index contributed by atoms with van der Waals surface area (Å²) >= 11 is 0. The van der Waals surface area contributed by atoms with Crippen LogP contribution >= 0.6 is 0 Å². The molecule has 4 nitrogen and oxygen atoms in total. The van der Waals surface area contributed by atoms with Gasteiger partial charge in [-0.25, -0.2) is 14.4 Å². The lowest BCUT2D eigenvalue weighted by molar-refractivity contribution is -0.149. The van der Waals surface area contributed by atoms with Crippen LogP contribution in [0.1, 0.15) is 40.5 Å². The zero-order valence-electron chi connectivity index (χ0n) is 10.0. The summed E-state index contributed by atoms with van der Waals surface area (Å²) in [7, 11) is 0. The van der Waals surface area contributed by atoms with E-state index in [-0.39, 0.29) is 11.1 Å². The van der Waals surface area contributed by atoms with E-state index in [1.54, 1.807) is 26.7 Å². The second kappa shape index (κ2) is 6.06. The first kappa shape index (κ1) is 14.4. The molecule has 0 aromatic heterocycles. The van der Waals surface area contributed by atoms with Gasteiger partial charge in [0.05, 0.1) is 5.57 Å². The van der Waals surface area contributed by atoms with Crippen LogP contribution in [0.2, 0.25) is 0 Å². The molecule has 0 aliphatic heterocycles. The Balaban J connectivity index is 4.97. The van der Waals surface area contributed by atoms with E-state index in [9.17, 15) is 14.4 Å². The molecular weight excluding hydrogens is 208 g/mol. The van der Waals surface area contributed by atoms with Crippen molar-refractivity contribution in [2.24, 2.45) is 0 Å². The minimum absolute atomic E-state index is 0.0201. The molecule has 0 saturated heterocycles. The van der Waals surface area contributed by atoms with Gasteiger partial charge in [0.1, 0.15) is 17.5 Å². The van der Waals surface area contributed by atoms with Gasteiger partial charge < -0.3 is 4.74 Å². The monoisotopic (exact) mass is 224 g/mol. The molecule has 0 amide bonds. The number of ether oxygens (including phenoxy) is 1. The van der Waals surface area contributed by atoms with Crippen LogP contribution in [0.15, 0.2) is 11.1 Å². The topological polar surface area (TPSA) is 60.4 Å². The first-order valence-corrected chi connectivity index (χ1v) is 5.08. The van der Waals surface area contributed by atoms with Crippen molar-refractivity contribution in [3.63, 3.8) is 0 Å². The second-order valence-corrected chi connectivity index (χ2v) is 4.31. The van der Waals surface area contributed by atoms with E-state index in [0.29, 0.717) is 12.8 Å². The van der Waals surface area contributed by atoms with Crippen LogP contribution in [-0.2, 0) is 19.1 Å². The first-order chi connectivity index (χ1) is 7.35. The molecular formula is C12H16O4. The van der Waals surface area contributed by atoms with Gasteiger partial charge in [0, 0.05) is 0 Å². The van der Waals surface area contributed by atoms with E-state index in [0.717, 1.165) is 0 Å². The van der Waals surface area contributed by atoms with Gasteiger partial charge in [-0.15, -0.1) is 0 Å². The number of hydrogen-bond acceptors (Lipinski definition) is 4. The summed E-state index contributed by atoms with van der Waals surface area (Å²) in [6.45, 7) is 6.86. The lowest BCUT2D eigenvalue weighted by Crippen LogP contribution is -2.25.